The molecule has 0 saturated carbocycles. The molecule has 1 fully saturated rings. The quantitative estimate of drug-likeness (QED) is 0.692. The number of nitrogens with one attached hydrogen (secondary N) is 1. The fourth-order valence-electron chi connectivity index (χ4n) is 3.50. The summed E-state index contributed by atoms with van der Waals surface area (Å²) in [5.41, 5.74) is 1.02. The molecule has 0 spiro atoms. The Morgan fingerprint density at radius 3 is 2.50 bits per heavy atom. The van der Waals surface area contributed by atoms with Gasteiger partial charge in [0.15, 0.2) is 0 Å². The maximum Gasteiger partial charge on any atom is 0.255 e. The van der Waals surface area contributed by atoms with Crippen molar-refractivity contribution in [3.63, 3.8) is 0 Å². The first-order chi connectivity index (χ1) is 14.5. The van der Waals surface area contributed by atoms with E-state index in [2.05, 4.69) is 5.32 Å². The average Bonchev–Trinajstić information content (AvgIpc) is 2.78. The number of carbonyl (C=O) groups excluding carboxylic acids is 1. The molecule has 30 heavy (non-hydrogen) atoms. The van der Waals surface area contributed by atoms with E-state index in [1.807, 2.05) is 31.2 Å². The molecule has 8 heteroatoms. The number of hydrogen-bond donors (Lipinski definition) is 1. The molecule has 1 N–H and O–H groups in total. The Kier molecular flexibility index (Phi) is 7.33. The van der Waals surface area contributed by atoms with Gasteiger partial charge in [-0.05, 0) is 44.0 Å². The van der Waals surface area contributed by atoms with Gasteiger partial charge >= 0.3 is 0 Å². The number of rotatable bonds is 8. The molecule has 1 heterocycles. The van der Waals surface area contributed by atoms with Crippen LogP contribution in [0.5, 0.6) is 11.5 Å². The van der Waals surface area contributed by atoms with E-state index >= 15 is 0 Å². The lowest BCUT2D eigenvalue weighted by Crippen LogP contribution is -2.35. The normalized spacial score (nSPS) is 14.9. The molecule has 2 aromatic carbocycles. The summed E-state index contributed by atoms with van der Waals surface area (Å²) in [5.74, 6) is 0.616. The highest BCUT2D eigenvalue weighted by Gasteiger charge is 2.27. The minimum atomic E-state index is -3.65. The Bertz CT molecular complexity index is 985. The fraction of sp³-hybridized carbons (Fsp3) is 0.409. The molecule has 0 unspecified atom stereocenters. The number of carbonyl (C=O) groups is 1. The van der Waals surface area contributed by atoms with E-state index in [-0.39, 0.29) is 17.0 Å². The van der Waals surface area contributed by atoms with Crippen LogP contribution in [0.15, 0.2) is 47.4 Å². The molecule has 162 valence electrons. The zero-order chi connectivity index (χ0) is 21.6. The molecule has 0 atom stereocenters. The molecule has 0 bridgehead atoms. The summed E-state index contributed by atoms with van der Waals surface area (Å²) in [6.07, 6.45) is 2.73. The Balaban J connectivity index is 1.82. The number of benzene rings is 2. The number of hydrogen-bond acceptors (Lipinski definition) is 5. The van der Waals surface area contributed by atoms with E-state index in [0.717, 1.165) is 24.8 Å². The number of methoxy groups -OCH3 is 1. The van der Waals surface area contributed by atoms with Crippen LogP contribution in [0.25, 0.3) is 0 Å². The number of ether oxygens (including phenoxy) is 2. The largest absolute Gasteiger partial charge is 0.496 e. The SMILES string of the molecule is CCOc1ccccc1CNC(=O)c1cc(S(=O)(=O)N2CCCCC2)ccc1OC. The second-order valence-electron chi connectivity index (χ2n) is 7.05. The Labute approximate surface area is 178 Å². The van der Waals surface area contributed by atoms with Crippen LogP contribution < -0.4 is 14.8 Å². The number of sulfonamides is 1. The summed E-state index contributed by atoms with van der Waals surface area (Å²) < 4.78 is 38.4. The van der Waals surface area contributed by atoms with Crippen LogP contribution in [0, 0.1) is 0 Å². The third-order valence-electron chi connectivity index (χ3n) is 5.08. The van der Waals surface area contributed by atoms with Gasteiger partial charge in [0.25, 0.3) is 5.91 Å². The van der Waals surface area contributed by atoms with Crippen molar-refractivity contribution in [3.8, 4) is 11.5 Å². The molecule has 0 aliphatic carbocycles. The number of para-hydroxylation sites is 1. The van der Waals surface area contributed by atoms with Gasteiger partial charge in [0.05, 0.1) is 24.2 Å². The van der Waals surface area contributed by atoms with Gasteiger partial charge in [0.2, 0.25) is 10.0 Å². The van der Waals surface area contributed by atoms with E-state index < -0.39 is 15.9 Å². The maximum absolute atomic E-state index is 13.0. The molecule has 1 saturated heterocycles. The van der Waals surface area contributed by atoms with E-state index in [1.165, 1.54) is 29.6 Å². The molecule has 1 aliphatic heterocycles. The van der Waals surface area contributed by atoms with Crippen molar-refractivity contribution in [2.75, 3.05) is 26.8 Å². The minimum Gasteiger partial charge on any atom is -0.496 e. The van der Waals surface area contributed by atoms with Gasteiger partial charge < -0.3 is 14.8 Å². The predicted octanol–water partition coefficient (Wildman–Crippen LogP) is 3.20. The first-order valence-electron chi connectivity index (χ1n) is 10.1. The van der Waals surface area contributed by atoms with Crippen LogP contribution in [0.2, 0.25) is 0 Å². The fourth-order valence-corrected chi connectivity index (χ4v) is 5.04. The zero-order valence-corrected chi connectivity index (χ0v) is 18.2. The van der Waals surface area contributed by atoms with Gasteiger partial charge in [-0.1, -0.05) is 24.6 Å². The second-order valence-corrected chi connectivity index (χ2v) is 8.99. The summed E-state index contributed by atoms with van der Waals surface area (Å²) in [4.78, 5) is 13.0. The molecule has 0 radical (unpaired) electrons. The van der Waals surface area contributed by atoms with Crippen molar-refractivity contribution in [1.82, 2.24) is 9.62 Å². The van der Waals surface area contributed by atoms with Gasteiger partial charge in [0.1, 0.15) is 11.5 Å². The Morgan fingerprint density at radius 2 is 1.80 bits per heavy atom. The third-order valence-corrected chi connectivity index (χ3v) is 6.97. The third kappa shape index (κ3) is 4.94. The van der Waals surface area contributed by atoms with Gasteiger partial charge in [0, 0.05) is 25.2 Å². The van der Waals surface area contributed by atoms with Gasteiger partial charge in [-0.15, -0.1) is 0 Å². The van der Waals surface area contributed by atoms with Crippen LogP contribution in [0.4, 0.5) is 0 Å². The molecular weight excluding hydrogens is 404 g/mol. The van der Waals surface area contributed by atoms with Gasteiger partial charge in [-0.25, -0.2) is 8.42 Å². The summed E-state index contributed by atoms with van der Waals surface area (Å²) in [6, 6.07) is 11.9. The second kappa shape index (κ2) is 9.95. The predicted molar refractivity (Wildman–Crippen MR) is 114 cm³/mol. The van der Waals surface area contributed by atoms with E-state index in [9.17, 15) is 13.2 Å². The number of piperidine rings is 1. The first kappa shape index (κ1) is 22.1. The van der Waals surface area contributed by atoms with Crippen molar-refractivity contribution < 1.29 is 22.7 Å². The molecule has 1 aliphatic rings. The first-order valence-corrected chi connectivity index (χ1v) is 11.6. The Morgan fingerprint density at radius 1 is 1.07 bits per heavy atom. The van der Waals surface area contributed by atoms with Crippen LogP contribution >= 0.6 is 0 Å². The number of nitrogens with zero attached hydrogens (tertiary/aromatic N) is 1. The Hall–Kier alpha value is -2.58. The molecule has 2 aromatic rings. The highest BCUT2D eigenvalue weighted by molar-refractivity contribution is 7.89. The van der Waals surface area contributed by atoms with Crippen molar-refractivity contribution in [1.29, 1.82) is 0 Å². The smallest absolute Gasteiger partial charge is 0.255 e. The van der Waals surface area contributed by atoms with Crippen LogP contribution in [-0.2, 0) is 16.6 Å². The van der Waals surface area contributed by atoms with Crippen LogP contribution in [-0.4, -0.2) is 45.4 Å². The topological polar surface area (TPSA) is 84.9 Å². The summed E-state index contributed by atoms with van der Waals surface area (Å²) >= 11 is 0. The minimum absolute atomic E-state index is 0.102. The summed E-state index contributed by atoms with van der Waals surface area (Å²) in [5, 5.41) is 2.84. The van der Waals surface area contributed by atoms with Crippen molar-refractivity contribution in [2.45, 2.75) is 37.6 Å². The number of amides is 1. The molecular formula is C22H28N2O5S. The molecule has 0 aromatic heterocycles. The van der Waals surface area contributed by atoms with Gasteiger partial charge in [-0.2, -0.15) is 4.31 Å². The summed E-state index contributed by atoms with van der Waals surface area (Å²) in [7, 11) is -2.19. The van der Waals surface area contributed by atoms with Crippen LogP contribution in [0.3, 0.4) is 0 Å². The lowest BCUT2D eigenvalue weighted by atomic mass is 10.1. The van der Waals surface area contributed by atoms with Crippen molar-refractivity contribution >= 4 is 15.9 Å². The zero-order valence-electron chi connectivity index (χ0n) is 17.4. The van der Waals surface area contributed by atoms with E-state index in [1.54, 1.807) is 0 Å². The monoisotopic (exact) mass is 432 g/mol. The highest BCUT2D eigenvalue weighted by Crippen LogP contribution is 2.26. The van der Waals surface area contributed by atoms with Crippen molar-refractivity contribution in [2.24, 2.45) is 0 Å². The van der Waals surface area contributed by atoms with Crippen LogP contribution in [0.1, 0.15) is 42.1 Å². The van der Waals surface area contributed by atoms with E-state index in [4.69, 9.17) is 9.47 Å². The molecule has 1 amide bonds. The highest BCUT2D eigenvalue weighted by atomic mass is 32.2. The molecule has 7 nitrogen and oxygen atoms in total. The molecule has 3 rings (SSSR count). The van der Waals surface area contributed by atoms with E-state index in [0.29, 0.717) is 31.2 Å². The van der Waals surface area contributed by atoms with Gasteiger partial charge in [-0.3, -0.25) is 4.79 Å². The lowest BCUT2D eigenvalue weighted by molar-refractivity contribution is 0.0947. The maximum atomic E-state index is 13.0. The van der Waals surface area contributed by atoms with Crippen molar-refractivity contribution in [3.05, 3.63) is 53.6 Å². The lowest BCUT2D eigenvalue weighted by Gasteiger charge is -2.26. The summed E-state index contributed by atoms with van der Waals surface area (Å²) in [6.45, 7) is 3.68. The average molecular weight is 433 g/mol. The standard InChI is InChI=1S/C22H28N2O5S/c1-3-29-20-10-6-5-9-17(20)16-23-22(25)19-15-18(11-12-21(19)28-2)30(26,27)24-13-7-4-8-14-24/h5-6,9-12,15H,3-4,7-8,13-14,16H2,1-2H3,(H,23,25).